The van der Waals surface area contributed by atoms with Crippen molar-refractivity contribution in [1.29, 1.82) is 0 Å². The summed E-state index contributed by atoms with van der Waals surface area (Å²) in [5.74, 6) is 7.27. The first-order valence-electron chi connectivity index (χ1n) is 9.30. The van der Waals surface area contributed by atoms with E-state index in [0.29, 0.717) is 33.8 Å². The number of rotatable bonds is 6. The molecule has 0 radical (unpaired) electrons. The summed E-state index contributed by atoms with van der Waals surface area (Å²) >= 11 is 1.16. The second-order valence-corrected chi connectivity index (χ2v) is 7.58. The van der Waals surface area contributed by atoms with Gasteiger partial charge in [-0.15, -0.1) is 10.2 Å². The fourth-order valence-electron chi connectivity index (χ4n) is 3.28. The number of fused-ring (bicyclic) bond motifs is 3. The summed E-state index contributed by atoms with van der Waals surface area (Å²) in [6.45, 7) is 0. The quantitative estimate of drug-likeness (QED) is 0.304. The van der Waals surface area contributed by atoms with Crippen LogP contribution in [-0.2, 0) is 4.79 Å². The zero-order valence-electron chi connectivity index (χ0n) is 16.4. The standard InChI is InChI=1S/C21H17N5O4S/c1-28-18-9-13-12-5-2-3-6-15(12)30-17(13)10-14(18)23-19(27)11-31-21-25-24-20(26(21)22)16-7-4-8-29-16/h2-10H,11,22H2,1H3,(H,23,27). The highest BCUT2D eigenvalue weighted by atomic mass is 32.2. The number of amides is 1. The number of anilines is 1. The zero-order chi connectivity index (χ0) is 21.4. The molecular formula is C21H17N5O4S. The van der Waals surface area contributed by atoms with E-state index in [1.807, 2.05) is 30.3 Å². The molecule has 0 spiro atoms. The van der Waals surface area contributed by atoms with E-state index in [0.717, 1.165) is 28.1 Å². The molecule has 156 valence electrons. The van der Waals surface area contributed by atoms with Gasteiger partial charge in [0, 0.05) is 16.8 Å². The van der Waals surface area contributed by atoms with E-state index in [1.54, 1.807) is 25.3 Å². The molecule has 1 amide bonds. The van der Waals surface area contributed by atoms with Gasteiger partial charge in [0.2, 0.25) is 16.9 Å². The molecule has 2 aromatic carbocycles. The molecule has 0 aliphatic heterocycles. The van der Waals surface area contributed by atoms with Crippen LogP contribution >= 0.6 is 11.8 Å². The largest absolute Gasteiger partial charge is 0.495 e. The van der Waals surface area contributed by atoms with Crippen LogP contribution in [0.3, 0.4) is 0 Å². The number of carbonyl (C=O) groups is 1. The Morgan fingerprint density at radius 3 is 2.84 bits per heavy atom. The molecule has 0 bridgehead atoms. The lowest BCUT2D eigenvalue weighted by atomic mass is 10.1. The highest BCUT2D eigenvalue weighted by Crippen LogP contribution is 2.36. The molecule has 31 heavy (non-hydrogen) atoms. The first-order valence-corrected chi connectivity index (χ1v) is 10.3. The van der Waals surface area contributed by atoms with E-state index in [-0.39, 0.29) is 11.7 Å². The second-order valence-electron chi connectivity index (χ2n) is 6.64. The molecular weight excluding hydrogens is 418 g/mol. The Hall–Kier alpha value is -3.92. The predicted octanol–water partition coefficient (Wildman–Crippen LogP) is 3.89. The summed E-state index contributed by atoms with van der Waals surface area (Å²) in [4.78, 5) is 12.6. The molecule has 0 aliphatic carbocycles. The molecule has 10 heteroatoms. The number of carbonyl (C=O) groups excluding carboxylic acids is 1. The van der Waals surface area contributed by atoms with Crippen molar-refractivity contribution in [2.75, 3.05) is 24.0 Å². The molecule has 9 nitrogen and oxygen atoms in total. The smallest absolute Gasteiger partial charge is 0.234 e. The Bertz CT molecular complexity index is 1390. The maximum absolute atomic E-state index is 12.6. The monoisotopic (exact) mass is 435 g/mol. The normalized spacial score (nSPS) is 11.3. The van der Waals surface area contributed by atoms with Gasteiger partial charge in [0.25, 0.3) is 0 Å². The number of para-hydroxylation sites is 1. The SMILES string of the molecule is COc1cc2c(cc1NC(=O)CSc1nnc(-c3ccco3)n1N)oc1ccccc12. The number of benzene rings is 2. The Morgan fingerprint density at radius 2 is 2.03 bits per heavy atom. The summed E-state index contributed by atoms with van der Waals surface area (Å²) < 4.78 is 18.0. The van der Waals surface area contributed by atoms with Gasteiger partial charge in [-0.05, 0) is 24.3 Å². The lowest BCUT2D eigenvalue weighted by Gasteiger charge is -2.10. The van der Waals surface area contributed by atoms with Crippen LogP contribution in [0.4, 0.5) is 5.69 Å². The first-order chi connectivity index (χ1) is 15.1. The van der Waals surface area contributed by atoms with Crippen molar-refractivity contribution in [3.8, 4) is 17.3 Å². The zero-order valence-corrected chi connectivity index (χ0v) is 17.2. The topological polar surface area (TPSA) is 121 Å². The molecule has 0 unspecified atom stereocenters. The number of thioether (sulfide) groups is 1. The molecule has 3 heterocycles. The van der Waals surface area contributed by atoms with Crippen LogP contribution in [0.5, 0.6) is 5.75 Å². The Kier molecular flexibility index (Phi) is 4.75. The summed E-state index contributed by atoms with van der Waals surface area (Å²) in [6.07, 6.45) is 1.52. The molecule has 0 saturated heterocycles. The molecule has 0 saturated carbocycles. The van der Waals surface area contributed by atoms with Gasteiger partial charge in [-0.1, -0.05) is 30.0 Å². The van der Waals surface area contributed by atoms with Crippen LogP contribution in [-0.4, -0.2) is 33.6 Å². The third-order valence-electron chi connectivity index (χ3n) is 4.71. The summed E-state index contributed by atoms with van der Waals surface area (Å²) in [6, 6.07) is 14.8. The number of furan rings is 2. The third kappa shape index (κ3) is 3.46. The van der Waals surface area contributed by atoms with Crippen molar-refractivity contribution in [2.24, 2.45) is 0 Å². The Balaban J connectivity index is 1.34. The fourth-order valence-corrected chi connectivity index (χ4v) is 3.94. The lowest BCUT2D eigenvalue weighted by Crippen LogP contribution is -2.16. The van der Waals surface area contributed by atoms with Gasteiger partial charge in [0.1, 0.15) is 16.9 Å². The molecule has 5 aromatic rings. The number of methoxy groups -OCH3 is 1. The number of nitrogens with two attached hydrogens (primary N) is 1. The Labute approximate surface area is 180 Å². The number of hydrogen-bond acceptors (Lipinski definition) is 8. The van der Waals surface area contributed by atoms with Crippen LogP contribution < -0.4 is 15.9 Å². The maximum Gasteiger partial charge on any atom is 0.234 e. The number of nitrogens with zero attached hydrogens (tertiary/aromatic N) is 3. The number of aromatic nitrogens is 3. The molecule has 3 aromatic heterocycles. The van der Waals surface area contributed by atoms with Crippen molar-refractivity contribution in [1.82, 2.24) is 14.9 Å². The lowest BCUT2D eigenvalue weighted by molar-refractivity contribution is -0.113. The summed E-state index contributed by atoms with van der Waals surface area (Å²) in [5.41, 5.74) is 1.95. The van der Waals surface area contributed by atoms with E-state index in [1.165, 1.54) is 10.9 Å². The van der Waals surface area contributed by atoms with Crippen molar-refractivity contribution in [3.05, 3.63) is 54.8 Å². The van der Waals surface area contributed by atoms with E-state index >= 15 is 0 Å². The van der Waals surface area contributed by atoms with Crippen LogP contribution in [0.15, 0.2) is 68.8 Å². The predicted molar refractivity (Wildman–Crippen MR) is 118 cm³/mol. The minimum Gasteiger partial charge on any atom is -0.495 e. The van der Waals surface area contributed by atoms with Crippen molar-refractivity contribution < 1.29 is 18.4 Å². The van der Waals surface area contributed by atoms with Gasteiger partial charge in [0.05, 0.1) is 24.8 Å². The third-order valence-corrected chi connectivity index (χ3v) is 5.65. The van der Waals surface area contributed by atoms with Gasteiger partial charge < -0.3 is 24.7 Å². The van der Waals surface area contributed by atoms with Crippen LogP contribution in [0.2, 0.25) is 0 Å². The summed E-state index contributed by atoms with van der Waals surface area (Å²) in [7, 11) is 1.56. The minimum absolute atomic E-state index is 0.0782. The summed E-state index contributed by atoms with van der Waals surface area (Å²) in [5, 5.41) is 13.2. The van der Waals surface area contributed by atoms with Gasteiger partial charge in [0.15, 0.2) is 5.76 Å². The highest BCUT2D eigenvalue weighted by Gasteiger charge is 2.17. The van der Waals surface area contributed by atoms with Crippen LogP contribution in [0, 0.1) is 0 Å². The van der Waals surface area contributed by atoms with E-state index in [9.17, 15) is 4.79 Å². The number of hydrogen-bond donors (Lipinski definition) is 2. The van der Waals surface area contributed by atoms with Gasteiger partial charge in [-0.3, -0.25) is 4.79 Å². The number of nitrogens with one attached hydrogen (secondary N) is 1. The van der Waals surface area contributed by atoms with Gasteiger partial charge in [-0.25, -0.2) is 4.68 Å². The van der Waals surface area contributed by atoms with Crippen molar-refractivity contribution in [2.45, 2.75) is 5.16 Å². The molecule has 0 fully saturated rings. The van der Waals surface area contributed by atoms with E-state index < -0.39 is 0 Å². The average molecular weight is 435 g/mol. The second kappa shape index (κ2) is 7.73. The molecule has 0 aliphatic rings. The molecule has 3 N–H and O–H groups in total. The molecule has 0 atom stereocenters. The Morgan fingerprint density at radius 1 is 1.16 bits per heavy atom. The maximum atomic E-state index is 12.6. The van der Waals surface area contributed by atoms with Crippen LogP contribution in [0.1, 0.15) is 0 Å². The fraction of sp³-hybridized carbons (Fsp3) is 0.0952. The number of nitrogen functional groups attached to an aromatic ring is 1. The van der Waals surface area contributed by atoms with E-state index in [2.05, 4.69) is 15.5 Å². The minimum atomic E-state index is -0.249. The first kappa shape index (κ1) is 19.1. The van der Waals surface area contributed by atoms with E-state index in [4.69, 9.17) is 19.4 Å². The van der Waals surface area contributed by atoms with Crippen molar-refractivity contribution in [3.63, 3.8) is 0 Å². The molecule has 5 rings (SSSR count). The highest BCUT2D eigenvalue weighted by molar-refractivity contribution is 7.99. The van der Waals surface area contributed by atoms with Gasteiger partial charge >= 0.3 is 0 Å². The average Bonchev–Trinajstić information content (AvgIpc) is 3.50. The number of ether oxygens (including phenoxy) is 1. The van der Waals surface area contributed by atoms with Gasteiger partial charge in [-0.2, -0.15) is 0 Å². The van der Waals surface area contributed by atoms with Crippen molar-refractivity contribution >= 4 is 45.3 Å². The van der Waals surface area contributed by atoms with Crippen LogP contribution in [0.25, 0.3) is 33.5 Å².